The van der Waals surface area contributed by atoms with Crippen LogP contribution in [0.15, 0.2) is 83.7 Å². The van der Waals surface area contributed by atoms with Crippen molar-refractivity contribution in [3.63, 3.8) is 0 Å². The molecular weight excluding hydrogens is 336 g/mol. The lowest BCUT2D eigenvalue weighted by Crippen LogP contribution is -2.26. The molecule has 0 spiro atoms. The van der Waals surface area contributed by atoms with E-state index in [0.29, 0.717) is 5.39 Å². The van der Waals surface area contributed by atoms with E-state index in [-0.39, 0.29) is 12.1 Å². The third-order valence-electron chi connectivity index (χ3n) is 4.72. The molecule has 4 heteroatoms. The first-order valence-electron chi connectivity index (χ1n) is 8.93. The number of hydrogen-bond acceptors (Lipinski definition) is 3. The van der Waals surface area contributed by atoms with E-state index in [1.807, 2.05) is 79.7 Å². The number of aliphatic hydroxyl groups is 1. The minimum Gasteiger partial charge on any atom is -0.386 e. The van der Waals surface area contributed by atoms with Crippen LogP contribution in [0.4, 0.5) is 0 Å². The molecule has 4 rings (SSSR count). The monoisotopic (exact) mass is 356 g/mol. The fourth-order valence-corrected chi connectivity index (χ4v) is 3.23. The summed E-state index contributed by atoms with van der Waals surface area (Å²) < 4.78 is 1.37. The Balaban J connectivity index is 1.82. The van der Waals surface area contributed by atoms with E-state index in [4.69, 9.17) is 0 Å². The van der Waals surface area contributed by atoms with Crippen LogP contribution >= 0.6 is 0 Å². The molecule has 4 nitrogen and oxygen atoms in total. The molecule has 134 valence electrons. The van der Waals surface area contributed by atoms with E-state index in [2.05, 4.69) is 5.10 Å². The highest BCUT2D eigenvalue weighted by atomic mass is 16.3. The Labute approximate surface area is 157 Å². The van der Waals surface area contributed by atoms with Gasteiger partial charge in [-0.15, -0.1) is 0 Å². The van der Waals surface area contributed by atoms with Gasteiger partial charge in [0.2, 0.25) is 0 Å². The maximum atomic E-state index is 12.9. The van der Waals surface area contributed by atoms with Gasteiger partial charge in [0.15, 0.2) is 0 Å². The molecule has 0 aliphatic rings. The molecule has 1 aromatic heterocycles. The van der Waals surface area contributed by atoms with E-state index >= 15 is 0 Å². The molecule has 0 fully saturated rings. The normalized spacial score (nSPS) is 12.2. The van der Waals surface area contributed by atoms with Gasteiger partial charge in [-0.25, -0.2) is 4.68 Å². The highest BCUT2D eigenvalue weighted by Gasteiger charge is 2.15. The summed E-state index contributed by atoms with van der Waals surface area (Å²) in [6.45, 7) is 2.10. The van der Waals surface area contributed by atoms with Gasteiger partial charge in [0.05, 0.1) is 23.7 Å². The standard InChI is InChI=1S/C23H20N2O2/c1-16-11-13-17(14-12-16)21(26)15-25-23(27)20-10-6-5-9-19(20)22(24-25)18-7-3-2-4-8-18/h2-14,21,26H,15H2,1H3/t21-/m0/s1. The predicted molar refractivity (Wildman–Crippen MR) is 108 cm³/mol. The van der Waals surface area contributed by atoms with Gasteiger partial charge < -0.3 is 5.11 Å². The van der Waals surface area contributed by atoms with Crippen LogP contribution in [0, 0.1) is 6.92 Å². The molecule has 0 aliphatic heterocycles. The van der Waals surface area contributed by atoms with Gasteiger partial charge in [-0.2, -0.15) is 5.10 Å². The van der Waals surface area contributed by atoms with Crippen molar-refractivity contribution in [2.45, 2.75) is 19.6 Å². The first-order chi connectivity index (χ1) is 13.1. The van der Waals surface area contributed by atoms with Crippen molar-refractivity contribution in [2.75, 3.05) is 0 Å². The van der Waals surface area contributed by atoms with Gasteiger partial charge >= 0.3 is 0 Å². The van der Waals surface area contributed by atoms with E-state index < -0.39 is 6.10 Å². The van der Waals surface area contributed by atoms with Crippen LogP contribution in [0.25, 0.3) is 22.0 Å². The molecule has 0 saturated heterocycles. The largest absolute Gasteiger partial charge is 0.386 e. The molecule has 0 bridgehead atoms. The number of nitrogens with zero attached hydrogens (tertiary/aromatic N) is 2. The highest BCUT2D eigenvalue weighted by molar-refractivity contribution is 5.93. The van der Waals surface area contributed by atoms with Gasteiger partial charge in [-0.1, -0.05) is 78.4 Å². The molecule has 3 aromatic carbocycles. The van der Waals surface area contributed by atoms with E-state index in [9.17, 15) is 9.90 Å². The molecule has 27 heavy (non-hydrogen) atoms. The summed E-state index contributed by atoms with van der Waals surface area (Å²) in [4.78, 5) is 12.9. The Bertz CT molecular complexity index is 1130. The van der Waals surface area contributed by atoms with Crippen molar-refractivity contribution in [3.8, 4) is 11.3 Å². The van der Waals surface area contributed by atoms with Crippen LogP contribution in [-0.4, -0.2) is 14.9 Å². The minimum absolute atomic E-state index is 0.104. The third-order valence-corrected chi connectivity index (χ3v) is 4.72. The van der Waals surface area contributed by atoms with Crippen LogP contribution in [0.2, 0.25) is 0 Å². The zero-order valence-electron chi connectivity index (χ0n) is 15.0. The van der Waals surface area contributed by atoms with E-state index in [0.717, 1.165) is 27.8 Å². The van der Waals surface area contributed by atoms with Crippen molar-refractivity contribution in [2.24, 2.45) is 0 Å². The lowest BCUT2D eigenvalue weighted by atomic mass is 10.0. The van der Waals surface area contributed by atoms with Crippen LogP contribution < -0.4 is 5.56 Å². The van der Waals surface area contributed by atoms with Gasteiger partial charge in [-0.3, -0.25) is 4.79 Å². The second kappa shape index (κ2) is 7.17. The average molecular weight is 356 g/mol. The number of aryl methyl sites for hydroxylation is 1. The molecule has 0 radical (unpaired) electrons. The fourth-order valence-electron chi connectivity index (χ4n) is 3.23. The summed E-state index contributed by atoms with van der Waals surface area (Å²) >= 11 is 0. The molecule has 1 N–H and O–H groups in total. The first-order valence-corrected chi connectivity index (χ1v) is 8.93. The van der Waals surface area contributed by atoms with Crippen molar-refractivity contribution < 1.29 is 5.11 Å². The molecule has 0 aliphatic carbocycles. The van der Waals surface area contributed by atoms with E-state index in [1.165, 1.54) is 4.68 Å². The number of aromatic nitrogens is 2. The SMILES string of the molecule is Cc1ccc([C@@H](O)Cn2nc(-c3ccccc3)c3ccccc3c2=O)cc1. The second-order valence-electron chi connectivity index (χ2n) is 6.67. The number of aliphatic hydroxyl groups excluding tert-OH is 1. The number of hydrogen-bond donors (Lipinski definition) is 1. The summed E-state index contributed by atoms with van der Waals surface area (Å²) in [6.07, 6.45) is -0.805. The predicted octanol–water partition coefficient (Wildman–Crippen LogP) is 4.11. The minimum atomic E-state index is -0.805. The van der Waals surface area contributed by atoms with Crippen molar-refractivity contribution in [1.29, 1.82) is 0 Å². The van der Waals surface area contributed by atoms with Gasteiger partial charge in [0.1, 0.15) is 0 Å². The molecule has 1 heterocycles. The second-order valence-corrected chi connectivity index (χ2v) is 6.67. The lowest BCUT2D eigenvalue weighted by Gasteiger charge is -2.15. The number of fused-ring (bicyclic) bond motifs is 1. The number of rotatable bonds is 4. The average Bonchev–Trinajstić information content (AvgIpc) is 2.71. The lowest BCUT2D eigenvalue weighted by molar-refractivity contribution is 0.150. The van der Waals surface area contributed by atoms with Crippen LogP contribution in [0.1, 0.15) is 17.2 Å². The van der Waals surface area contributed by atoms with Gasteiger partial charge in [-0.05, 0) is 18.6 Å². The molecular formula is C23H20N2O2. The quantitative estimate of drug-likeness (QED) is 0.599. The van der Waals surface area contributed by atoms with Gasteiger partial charge in [0, 0.05) is 10.9 Å². The maximum Gasteiger partial charge on any atom is 0.274 e. The summed E-state index contributed by atoms with van der Waals surface area (Å²) in [6, 6.07) is 24.9. The Kier molecular flexibility index (Phi) is 4.57. The molecule has 0 amide bonds. The Hall–Kier alpha value is -3.24. The Morgan fingerprint density at radius 3 is 2.22 bits per heavy atom. The smallest absolute Gasteiger partial charge is 0.274 e. The summed E-state index contributed by atoms with van der Waals surface area (Å²) in [5.74, 6) is 0. The van der Waals surface area contributed by atoms with Crippen LogP contribution in [0.3, 0.4) is 0 Å². The zero-order chi connectivity index (χ0) is 18.8. The first kappa shape index (κ1) is 17.2. The van der Waals surface area contributed by atoms with Gasteiger partial charge in [0.25, 0.3) is 5.56 Å². The summed E-state index contributed by atoms with van der Waals surface area (Å²) in [5.41, 5.74) is 3.37. The van der Waals surface area contributed by atoms with E-state index in [1.54, 1.807) is 6.07 Å². The topological polar surface area (TPSA) is 55.1 Å². The molecule has 0 saturated carbocycles. The number of benzene rings is 3. The maximum absolute atomic E-state index is 12.9. The molecule has 1 atom stereocenters. The fraction of sp³-hybridized carbons (Fsp3) is 0.130. The van der Waals surface area contributed by atoms with Crippen LogP contribution in [-0.2, 0) is 6.54 Å². The third kappa shape index (κ3) is 3.39. The van der Waals surface area contributed by atoms with Crippen molar-refractivity contribution in [1.82, 2.24) is 9.78 Å². The van der Waals surface area contributed by atoms with Crippen LogP contribution in [0.5, 0.6) is 0 Å². The Morgan fingerprint density at radius 1 is 0.889 bits per heavy atom. The molecule has 4 aromatic rings. The molecule has 0 unspecified atom stereocenters. The Morgan fingerprint density at radius 2 is 1.52 bits per heavy atom. The highest BCUT2D eigenvalue weighted by Crippen LogP contribution is 2.25. The zero-order valence-corrected chi connectivity index (χ0v) is 15.0. The summed E-state index contributed by atoms with van der Waals surface area (Å²) in [7, 11) is 0. The van der Waals surface area contributed by atoms with Crippen molar-refractivity contribution >= 4 is 10.8 Å². The summed E-state index contributed by atoms with van der Waals surface area (Å²) in [5, 5.41) is 16.6. The van der Waals surface area contributed by atoms with Crippen molar-refractivity contribution in [3.05, 3.63) is 100 Å².